The summed E-state index contributed by atoms with van der Waals surface area (Å²) in [5, 5.41) is 0. The zero-order valence-electron chi connectivity index (χ0n) is 13.4. The normalized spacial score (nSPS) is 23.6. The molecule has 1 fully saturated rings. The van der Waals surface area contributed by atoms with E-state index in [2.05, 4.69) is 39.8 Å². The summed E-state index contributed by atoms with van der Waals surface area (Å²) >= 11 is 0. The zero-order valence-corrected chi connectivity index (χ0v) is 13.4. The van der Waals surface area contributed by atoms with E-state index < -0.39 is 0 Å². The predicted octanol–water partition coefficient (Wildman–Crippen LogP) is 5.28. The van der Waals surface area contributed by atoms with Crippen molar-refractivity contribution in [1.82, 2.24) is 0 Å². The smallest absolute Gasteiger partial charge is 0.165 e. The van der Waals surface area contributed by atoms with Crippen molar-refractivity contribution in [3.63, 3.8) is 0 Å². The van der Waals surface area contributed by atoms with Gasteiger partial charge in [0.1, 0.15) is 0 Å². The van der Waals surface area contributed by atoms with Crippen LogP contribution in [0.2, 0.25) is 0 Å². The molecule has 0 heterocycles. The first kappa shape index (κ1) is 15.3. The molecule has 0 spiro atoms. The minimum Gasteiger partial charge on any atom is -0.294 e. The standard InChI is InChI=1S/C19H28O/c1-5-14-6-8-15(9-7-14)18(20)16-10-12-17(13-11-16)19(2,3)4/h6-9,16-17H,5,10-13H2,1-4H3. The van der Waals surface area contributed by atoms with Crippen LogP contribution in [0, 0.1) is 17.3 Å². The number of hydrogen-bond acceptors (Lipinski definition) is 1. The van der Waals surface area contributed by atoms with Gasteiger partial charge in [-0.3, -0.25) is 4.79 Å². The molecule has 0 aliphatic heterocycles. The lowest BCUT2D eigenvalue weighted by Gasteiger charge is -2.36. The Kier molecular flexibility index (Phi) is 4.67. The Morgan fingerprint density at radius 3 is 2.05 bits per heavy atom. The zero-order chi connectivity index (χ0) is 14.8. The van der Waals surface area contributed by atoms with Gasteiger partial charge in [-0.15, -0.1) is 0 Å². The molecule has 1 aromatic rings. The van der Waals surface area contributed by atoms with E-state index in [9.17, 15) is 4.79 Å². The molecule has 1 heteroatoms. The summed E-state index contributed by atoms with van der Waals surface area (Å²) in [5.74, 6) is 1.38. The third kappa shape index (κ3) is 3.50. The first-order valence-electron chi connectivity index (χ1n) is 8.05. The summed E-state index contributed by atoms with van der Waals surface area (Å²) in [7, 11) is 0. The maximum Gasteiger partial charge on any atom is 0.165 e. The van der Waals surface area contributed by atoms with Crippen LogP contribution in [0.5, 0.6) is 0 Å². The molecule has 1 aromatic carbocycles. The highest BCUT2D eigenvalue weighted by molar-refractivity contribution is 5.97. The lowest BCUT2D eigenvalue weighted by atomic mass is 9.69. The highest BCUT2D eigenvalue weighted by atomic mass is 16.1. The van der Waals surface area contributed by atoms with E-state index in [4.69, 9.17) is 0 Å². The van der Waals surface area contributed by atoms with E-state index in [1.807, 2.05) is 12.1 Å². The largest absolute Gasteiger partial charge is 0.294 e. The van der Waals surface area contributed by atoms with Crippen molar-refractivity contribution in [1.29, 1.82) is 0 Å². The number of carbonyl (C=O) groups is 1. The molecule has 0 unspecified atom stereocenters. The van der Waals surface area contributed by atoms with Crippen LogP contribution >= 0.6 is 0 Å². The molecule has 1 aliphatic carbocycles. The van der Waals surface area contributed by atoms with Gasteiger partial charge in [0.15, 0.2) is 5.78 Å². The molecular formula is C19H28O. The SMILES string of the molecule is CCc1ccc(C(=O)C2CCC(C(C)(C)C)CC2)cc1. The number of ketones is 1. The Hall–Kier alpha value is -1.11. The topological polar surface area (TPSA) is 17.1 Å². The van der Waals surface area contributed by atoms with Gasteiger partial charge in [-0.25, -0.2) is 0 Å². The van der Waals surface area contributed by atoms with Gasteiger partial charge < -0.3 is 0 Å². The predicted molar refractivity (Wildman–Crippen MR) is 85.1 cm³/mol. The molecule has 0 radical (unpaired) electrons. The van der Waals surface area contributed by atoms with Crippen LogP contribution in [0.25, 0.3) is 0 Å². The Balaban J connectivity index is 1.97. The van der Waals surface area contributed by atoms with Gasteiger partial charge in [0.05, 0.1) is 0 Å². The van der Waals surface area contributed by atoms with E-state index in [1.165, 1.54) is 18.4 Å². The second-order valence-electron chi connectivity index (χ2n) is 7.33. The Bertz CT molecular complexity index is 442. The van der Waals surface area contributed by atoms with Crippen LogP contribution < -0.4 is 0 Å². The molecule has 0 N–H and O–H groups in total. The first-order valence-corrected chi connectivity index (χ1v) is 8.05. The van der Waals surface area contributed by atoms with E-state index >= 15 is 0 Å². The molecule has 1 saturated carbocycles. The van der Waals surface area contributed by atoms with Crippen LogP contribution in [0.15, 0.2) is 24.3 Å². The molecule has 0 amide bonds. The highest BCUT2D eigenvalue weighted by Crippen LogP contribution is 2.40. The van der Waals surface area contributed by atoms with Crippen molar-refractivity contribution in [2.75, 3.05) is 0 Å². The van der Waals surface area contributed by atoms with Gasteiger partial charge >= 0.3 is 0 Å². The van der Waals surface area contributed by atoms with Crippen molar-refractivity contribution >= 4 is 5.78 Å². The first-order chi connectivity index (χ1) is 9.41. The minimum atomic E-state index is 0.251. The van der Waals surface area contributed by atoms with Crippen molar-refractivity contribution in [2.45, 2.75) is 59.8 Å². The van der Waals surface area contributed by atoms with Gasteiger partial charge in [0.2, 0.25) is 0 Å². The van der Waals surface area contributed by atoms with Crippen LogP contribution in [-0.4, -0.2) is 5.78 Å². The Morgan fingerprint density at radius 1 is 1.05 bits per heavy atom. The number of rotatable bonds is 3. The lowest BCUT2D eigenvalue weighted by Crippen LogP contribution is -2.28. The molecule has 1 aliphatic rings. The van der Waals surface area contributed by atoms with E-state index in [-0.39, 0.29) is 5.92 Å². The van der Waals surface area contributed by atoms with Crippen molar-refractivity contribution < 1.29 is 4.79 Å². The van der Waals surface area contributed by atoms with Crippen LogP contribution in [0.4, 0.5) is 0 Å². The van der Waals surface area contributed by atoms with Gasteiger partial charge in [0, 0.05) is 11.5 Å². The van der Waals surface area contributed by atoms with Gasteiger partial charge in [-0.05, 0) is 49.0 Å². The van der Waals surface area contributed by atoms with E-state index in [0.29, 0.717) is 11.2 Å². The molecule has 0 atom stereocenters. The van der Waals surface area contributed by atoms with Gasteiger partial charge in [-0.2, -0.15) is 0 Å². The van der Waals surface area contributed by atoms with Crippen LogP contribution in [0.3, 0.4) is 0 Å². The number of carbonyl (C=O) groups excluding carboxylic acids is 1. The maximum absolute atomic E-state index is 12.6. The molecule has 1 nitrogen and oxygen atoms in total. The molecule has 0 bridgehead atoms. The van der Waals surface area contributed by atoms with Crippen molar-refractivity contribution in [3.05, 3.63) is 35.4 Å². The van der Waals surface area contributed by atoms with Crippen LogP contribution in [0.1, 0.15) is 69.3 Å². The fourth-order valence-electron chi connectivity index (χ4n) is 3.36. The fourth-order valence-corrected chi connectivity index (χ4v) is 3.36. The van der Waals surface area contributed by atoms with Crippen molar-refractivity contribution in [3.8, 4) is 0 Å². The quantitative estimate of drug-likeness (QED) is 0.684. The number of aryl methyl sites for hydroxylation is 1. The summed E-state index contributed by atoms with van der Waals surface area (Å²) in [6.07, 6.45) is 5.57. The number of hydrogen-bond donors (Lipinski definition) is 0. The molecule has 2 rings (SSSR count). The van der Waals surface area contributed by atoms with Gasteiger partial charge in [-0.1, -0.05) is 52.0 Å². The second kappa shape index (κ2) is 6.11. The lowest BCUT2D eigenvalue weighted by molar-refractivity contribution is 0.0819. The number of Topliss-reactive ketones (excluding diaryl/α,β-unsaturated/α-hetero) is 1. The molecule has 20 heavy (non-hydrogen) atoms. The van der Waals surface area contributed by atoms with Gasteiger partial charge in [0.25, 0.3) is 0 Å². The summed E-state index contributed by atoms with van der Waals surface area (Å²) < 4.78 is 0. The summed E-state index contributed by atoms with van der Waals surface area (Å²) in [4.78, 5) is 12.6. The summed E-state index contributed by atoms with van der Waals surface area (Å²) in [6, 6.07) is 8.20. The third-order valence-corrected chi connectivity index (χ3v) is 4.97. The summed E-state index contributed by atoms with van der Waals surface area (Å²) in [6.45, 7) is 9.11. The fraction of sp³-hybridized carbons (Fsp3) is 0.632. The maximum atomic E-state index is 12.6. The summed E-state index contributed by atoms with van der Waals surface area (Å²) in [5.41, 5.74) is 2.59. The average molecular weight is 272 g/mol. The third-order valence-electron chi connectivity index (χ3n) is 4.97. The second-order valence-corrected chi connectivity index (χ2v) is 7.33. The number of benzene rings is 1. The van der Waals surface area contributed by atoms with Crippen LogP contribution in [-0.2, 0) is 6.42 Å². The van der Waals surface area contributed by atoms with Crippen molar-refractivity contribution in [2.24, 2.45) is 17.3 Å². The molecular weight excluding hydrogens is 244 g/mol. The molecule has 0 aromatic heterocycles. The Labute approximate surface area is 123 Å². The monoisotopic (exact) mass is 272 g/mol. The van der Waals surface area contributed by atoms with E-state index in [1.54, 1.807) is 0 Å². The van der Waals surface area contributed by atoms with E-state index in [0.717, 1.165) is 30.7 Å². The molecule has 0 saturated heterocycles. The average Bonchev–Trinajstić information content (AvgIpc) is 2.46. The highest BCUT2D eigenvalue weighted by Gasteiger charge is 2.32. The Morgan fingerprint density at radius 2 is 1.60 bits per heavy atom. The minimum absolute atomic E-state index is 0.251. The molecule has 110 valence electrons.